The second kappa shape index (κ2) is 10.9. The van der Waals surface area contributed by atoms with Crippen molar-refractivity contribution in [3.05, 3.63) is 54.1 Å². The van der Waals surface area contributed by atoms with Crippen LogP contribution in [0.4, 0.5) is 0 Å². The topological polar surface area (TPSA) is 64.1 Å². The number of benzene rings is 2. The molecule has 0 amide bonds. The van der Waals surface area contributed by atoms with Crippen LogP contribution in [0.3, 0.4) is 0 Å². The lowest BCUT2D eigenvalue weighted by atomic mass is 10.2. The molecule has 0 saturated carbocycles. The summed E-state index contributed by atoms with van der Waals surface area (Å²) in [4.78, 5) is 4.60. The zero-order chi connectivity index (χ0) is 18.6. The largest absolute Gasteiger partial charge is 0.497 e. The molecule has 2 rings (SSSR count). The maximum atomic E-state index is 5.73. The highest BCUT2D eigenvalue weighted by Gasteiger charge is 2.02. The second-order valence-electron chi connectivity index (χ2n) is 5.46. The summed E-state index contributed by atoms with van der Waals surface area (Å²) in [7, 11) is 3.31. The van der Waals surface area contributed by atoms with E-state index in [1.807, 2.05) is 55.5 Å². The number of ether oxygens (including phenoxy) is 3. The molecule has 0 bridgehead atoms. The third kappa shape index (κ3) is 6.20. The SMILES string of the molecule is CCNC(=NCc1ccccc1OC)NCCOc1cccc(OC)c1. The minimum absolute atomic E-state index is 0.520. The van der Waals surface area contributed by atoms with Crippen LogP contribution in [0.5, 0.6) is 17.2 Å². The summed E-state index contributed by atoms with van der Waals surface area (Å²) < 4.78 is 16.3. The van der Waals surface area contributed by atoms with Crippen molar-refractivity contribution in [1.82, 2.24) is 10.6 Å². The van der Waals surface area contributed by atoms with E-state index in [2.05, 4.69) is 15.6 Å². The van der Waals surface area contributed by atoms with Gasteiger partial charge in [-0.2, -0.15) is 0 Å². The Morgan fingerprint density at radius 3 is 2.54 bits per heavy atom. The maximum absolute atomic E-state index is 5.73. The van der Waals surface area contributed by atoms with Gasteiger partial charge in [0.15, 0.2) is 5.96 Å². The molecule has 0 unspecified atom stereocenters. The Morgan fingerprint density at radius 2 is 1.77 bits per heavy atom. The monoisotopic (exact) mass is 357 g/mol. The Labute approximate surface area is 155 Å². The zero-order valence-corrected chi connectivity index (χ0v) is 15.6. The Hall–Kier alpha value is -2.89. The van der Waals surface area contributed by atoms with Crippen molar-refractivity contribution in [2.75, 3.05) is 33.9 Å². The fraction of sp³-hybridized carbons (Fsp3) is 0.350. The van der Waals surface area contributed by atoms with Crippen LogP contribution >= 0.6 is 0 Å². The predicted molar refractivity (Wildman–Crippen MR) is 104 cm³/mol. The molecular formula is C20H27N3O3. The molecule has 0 atom stereocenters. The fourth-order valence-electron chi connectivity index (χ4n) is 2.37. The molecule has 0 radical (unpaired) electrons. The predicted octanol–water partition coefficient (Wildman–Crippen LogP) is 2.84. The summed E-state index contributed by atoms with van der Waals surface area (Å²) >= 11 is 0. The zero-order valence-electron chi connectivity index (χ0n) is 15.6. The molecule has 2 N–H and O–H groups in total. The quantitative estimate of drug-likeness (QED) is 0.410. The van der Waals surface area contributed by atoms with Gasteiger partial charge >= 0.3 is 0 Å². The molecule has 0 aliphatic rings. The van der Waals surface area contributed by atoms with E-state index in [1.54, 1.807) is 14.2 Å². The number of nitrogens with one attached hydrogen (secondary N) is 2. The lowest BCUT2D eigenvalue weighted by Crippen LogP contribution is -2.39. The summed E-state index contributed by atoms with van der Waals surface area (Å²) in [6, 6.07) is 15.4. The summed E-state index contributed by atoms with van der Waals surface area (Å²) in [6.45, 7) is 4.51. The van der Waals surface area contributed by atoms with Crippen molar-refractivity contribution in [3.8, 4) is 17.2 Å². The summed E-state index contributed by atoms with van der Waals surface area (Å²) in [5, 5.41) is 6.50. The number of para-hydroxylation sites is 1. The first-order valence-corrected chi connectivity index (χ1v) is 8.67. The molecule has 2 aromatic rings. The van der Waals surface area contributed by atoms with Gasteiger partial charge in [0.2, 0.25) is 0 Å². The highest BCUT2D eigenvalue weighted by molar-refractivity contribution is 5.79. The van der Waals surface area contributed by atoms with Crippen LogP contribution in [0.25, 0.3) is 0 Å². The van der Waals surface area contributed by atoms with Crippen molar-refractivity contribution in [2.45, 2.75) is 13.5 Å². The van der Waals surface area contributed by atoms with Gasteiger partial charge in [-0.3, -0.25) is 0 Å². The molecule has 0 spiro atoms. The van der Waals surface area contributed by atoms with Gasteiger partial charge < -0.3 is 24.8 Å². The molecule has 0 aromatic heterocycles. The molecular weight excluding hydrogens is 330 g/mol. The molecule has 0 aliphatic carbocycles. The molecule has 6 heteroatoms. The van der Waals surface area contributed by atoms with Crippen LogP contribution in [-0.4, -0.2) is 39.9 Å². The van der Waals surface area contributed by atoms with Gasteiger partial charge in [0, 0.05) is 18.2 Å². The van der Waals surface area contributed by atoms with E-state index in [4.69, 9.17) is 14.2 Å². The number of methoxy groups -OCH3 is 2. The minimum Gasteiger partial charge on any atom is -0.497 e. The van der Waals surface area contributed by atoms with Gasteiger partial charge in [-0.05, 0) is 25.1 Å². The van der Waals surface area contributed by atoms with Crippen LogP contribution < -0.4 is 24.8 Å². The summed E-state index contributed by atoms with van der Waals surface area (Å²) in [5.41, 5.74) is 1.04. The van der Waals surface area contributed by atoms with E-state index in [9.17, 15) is 0 Å². The first-order chi connectivity index (χ1) is 12.8. The van der Waals surface area contributed by atoms with E-state index >= 15 is 0 Å². The molecule has 140 valence electrons. The molecule has 0 fully saturated rings. The van der Waals surface area contributed by atoms with Gasteiger partial charge in [-0.25, -0.2) is 4.99 Å². The smallest absolute Gasteiger partial charge is 0.191 e. The molecule has 0 aliphatic heterocycles. The highest BCUT2D eigenvalue weighted by Crippen LogP contribution is 2.19. The van der Waals surface area contributed by atoms with E-state index in [0.29, 0.717) is 19.7 Å². The second-order valence-corrected chi connectivity index (χ2v) is 5.46. The Kier molecular flexibility index (Phi) is 8.12. The highest BCUT2D eigenvalue weighted by atomic mass is 16.5. The Bertz CT molecular complexity index is 704. The lowest BCUT2D eigenvalue weighted by molar-refractivity contribution is 0.319. The van der Waals surface area contributed by atoms with E-state index < -0.39 is 0 Å². The van der Waals surface area contributed by atoms with Gasteiger partial charge in [-0.15, -0.1) is 0 Å². The third-order valence-electron chi connectivity index (χ3n) is 3.65. The van der Waals surface area contributed by atoms with Crippen molar-refractivity contribution in [1.29, 1.82) is 0 Å². The number of aliphatic imine (C=N–C) groups is 1. The van der Waals surface area contributed by atoms with Crippen LogP contribution in [0.1, 0.15) is 12.5 Å². The number of hydrogen-bond donors (Lipinski definition) is 2. The number of hydrogen-bond acceptors (Lipinski definition) is 4. The van der Waals surface area contributed by atoms with Gasteiger partial charge in [-0.1, -0.05) is 24.3 Å². The molecule has 6 nitrogen and oxygen atoms in total. The summed E-state index contributed by atoms with van der Waals surface area (Å²) in [5.74, 6) is 3.14. The van der Waals surface area contributed by atoms with Crippen LogP contribution in [-0.2, 0) is 6.54 Å². The minimum atomic E-state index is 0.520. The summed E-state index contributed by atoms with van der Waals surface area (Å²) in [6.07, 6.45) is 0. The molecule has 0 heterocycles. The van der Waals surface area contributed by atoms with Gasteiger partial charge in [0.25, 0.3) is 0 Å². The van der Waals surface area contributed by atoms with E-state index in [-0.39, 0.29) is 0 Å². The Morgan fingerprint density at radius 1 is 0.962 bits per heavy atom. The number of guanidine groups is 1. The van der Waals surface area contributed by atoms with Crippen molar-refractivity contribution >= 4 is 5.96 Å². The maximum Gasteiger partial charge on any atom is 0.191 e. The van der Waals surface area contributed by atoms with E-state index in [1.165, 1.54) is 0 Å². The van der Waals surface area contributed by atoms with Crippen LogP contribution in [0.2, 0.25) is 0 Å². The first kappa shape index (κ1) is 19.4. The van der Waals surface area contributed by atoms with Crippen molar-refractivity contribution in [2.24, 2.45) is 4.99 Å². The van der Waals surface area contributed by atoms with Crippen LogP contribution in [0, 0.1) is 0 Å². The lowest BCUT2D eigenvalue weighted by Gasteiger charge is -2.13. The number of rotatable bonds is 9. The van der Waals surface area contributed by atoms with Crippen molar-refractivity contribution < 1.29 is 14.2 Å². The average molecular weight is 357 g/mol. The molecule has 26 heavy (non-hydrogen) atoms. The Balaban J connectivity index is 1.85. The van der Waals surface area contributed by atoms with Gasteiger partial charge in [0.05, 0.1) is 27.3 Å². The van der Waals surface area contributed by atoms with Crippen LogP contribution in [0.15, 0.2) is 53.5 Å². The van der Waals surface area contributed by atoms with Crippen molar-refractivity contribution in [3.63, 3.8) is 0 Å². The fourth-order valence-corrected chi connectivity index (χ4v) is 2.37. The third-order valence-corrected chi connectivity index (χ3v) is 3.65. The molecule has 2 aromatic carbocycles. The van der Waals surface area contributed by atoms with Gasteiger partial charge in [0.1, 0.15) is 23.9 Å². The average Bonchev–Trinajstić information content (AvgIpc) is 2.69. The standard InChI is InChI=1S/C20H27N3O3/c1-4-21-20(23-15-16-8-5-6-11-19(16)25-3)22-12-13-26-18-10-7-9-17(14-18)24-2/h5-11,14H,4,12-13,15H2,1-3H3,(H2,21,22,23). The molecule has 0 saturated heterocycles. The first-order valence-electron chi connectivity index (χ1n) is 8.67. The normalized spacial score (nSPS) is 11.0. The van der Waals surface area contributed by atoms with E-state index in [0.717, 1.165) is 35.3 Å². The number of nitrogens with zero attached hydrogens (tertiary/aromatic N) is 1.